The highest BCUT2D eigenvalue weighted by molar-refractivity contribution is 7.99. The number of aromatic nitrogens is 2. The molecule has 0 saturated carbocycles. The van der Waals surface area contributed by atoms with Crippen molar-refractivity contribution in [3.63, 3.8) is 0 Å². The Hall–Kier alpha value is -2.19. The molecule has 33 heavy (non-hydrogen) atoms. The first kappa shape index (κ1) is 24.0. The third-order valence-electron chi connectivity index (χ3n) is 6.69. The van der Waals surface area contributed by atoms with Gasteiger partial charge in [-0.3, -0.25) is 9.97 Å². The number of piperidine rings is 1. The third-order valence-corrected chi connectivity index (χ3v) is 7.68. The minimum atomic E-state index is -0.559. The Balaban J connectivity index is 1.30. The molecular formula is C26H33N3O3S. The maximum atomic E-state index is 11.0. The predicted molar refractivity (Wildman–Crippen MR) is 133 cm³/mol. The summed E-state index contributed by atoms with van der Waals surface area (Å²) in [6, 6.07) is 11.7. The normalized spacial score (nSPS) is 20.1. The quantitative estimate of drug-likeness (QED) is 0.433. The lowest BCUT2D eigenvalue weighted by atomic mass is 9.81. The number of rotatable bonds is 10. The molecule has 1 aliphatic heterocycles. The van der Waals surface area contributed by atoms with Gasteiger partial charge in [-0.25, -0.2) is 0 Å². The lowest BCUT2D eigenvalue weighted by molar-refractivity contribution is 0.0608. The first-order valence-corrected chi connectivity index (χ1v) is 12.6. The summed E-state index contributed by atoms with van der Waals surface area (Å²) < 4.78 is 5.36. The highest BCUT2D eigenvalue weighted by atomic mass is 32.2. The number of aliphatic hydroxyl groups excluding tert-OH is 2. The molecule has 0 amide bonds. The van der Waals surface area contributed by atoms with Crippen LogP contribution in [0.5, 0.6) is 5.75 Å². The number of nitrogens with zero attached hydrogens (tertiary/aromatic N) is 3. The fourth-order valence-corrected chi connectivity index (χ4v) is 5.66. The molecule has 1 aromatic carbocycles. The van der Waals surface area contributed by atoms with Gasteiger partial charge >= 0.3 is 0 Å². The van der Waals surface area contributed by atoms with E-state index in [1.807, 2.05) is 60.6 Å². The van der Waals surface area contributed by atoms with Crippen LogP contribution in [0.2, 0.25) is 0 Å². The smallest absolute Gasteiger partial charge is 0.119 e. The van der Waals surface area contributed by atoms with Gasteiger partial charge in [0, 0.05) is 54.3 Å². The summed E-state index contributed by atoms with van der Waals surface area (Å²) in [6.45, 7) is 3.18. The van der Waals surface area contributed by atoms with Gasteiger partial charge in [-0.2, -0.15) is 0 Å². The third kappa shape index (κ3) is 6.23. The number of pyridine rings is 2. The molecule has 3 heterocycles. The molecule has 1 fully saturated rings. The molecule has 1 aliphatic rings. The van der Waals surface area contributed by atoms with E-state index in [2.05, 4.69) is 14.9 Å². The summed E-state index contributed by atoms with van der Waals surface area (Å²) in [7, 11) is 1.65. The topological polar surface area (TPSA) is 78.7 Å². The second kappa shape index (κ2) is 11.8. The molecule has 4 rings (SSSR count). The van der Waals surface area contributed by atoms with E-state index in [1.165, 1.54) is 4.90 Å². The van der Waals surface area contributed by atoms with Crippen molar-refractivity contribution in [1.29, 1.82) is 0 Å². The summed E-state index contributed by atoms with van der Waals surface area (Å²) in [5.74, 6) is 2.48. The van der Waals surface area contributed by atoms with Crippen LogP contribution in [0.25, 0.3) is 10.9 Å². The van der Waals surface area contributed by atoms with E-state index in [9.17, 15) is 10.2 Å². The molecule has 2 aromatic heterocycles. The van der Waals surface area contributed by atoms with Crippen LogP contribution in [0.15, 0.2) is 59.9 Å². The van der Waals surface area contributed by atoms with E-state index in [1.54, 1.807) is 13.3 Å². The maximum absolute atomic E-state index is 11.0. The van der Waals surface area contributed by atoms with Crippen molar-refractivity contribution in [1.82, 2.24) is 14.9 Å². The monoisotopic (exact) mass is 467 g/mol. The molecule has 0 radical (unpaired) electrons. The summed E-state index contributed by atoms with van der Waals surface area (Å²) in [4.78, 5) is 12.2. The highest BCUT2D eigenvalue weighted by Gasteiger charge is 2.29. The molecule has 0 spiro atoms. The zero-order chi connectivity index (χ0) is 23.0. The highest BCUT2D eigenvalue weighted by Crippen LogP contribution is 2.33. The van der Waals surface area contributed by atoms with Crippen LogP contribution in [-0.2, 0) is 0 Å². The lowest BCUT2D eigenvalue weighted by Gasteiger charge is -2.38. The molecule has 0 bridgehead atoms. The van der Waals surface area contributed by atoms with Gasteiger partial charge in [0.1, 0.15) is 5.75 Å². The van der Waals surface area contributed by atoms with Gasteiger partial charge in [0.15, 0.2) is 0 Å². The van der Waals surface area contributed by atoms with Crippen LogP contribution in [0.1, 0.15) is 30.9 Å². The van der Waals surface area contributed by atoms with Crippen molar-refractivity contribution in [3.8, 4) is 5.75 Å². The van der Waals surface area contributed by atoms with Crippen LogP contribution in [-0.4, -0.2) is 64.2 Å². The van der Waals surface area contributed by atoms with E-state index >= 15 is 0 Å². The van der Waals surface area contributed by atoms with Gasteiger partial charge in [-0.15, -0.1) is 11.8 Å². The Morgan fingerprint density at radius 3 is 2.79 bits per heavy atom. The second-order valence-corrected chi connectivity index (χ2v) is 9.87. The van der Waals surface area contributed by atoms with Crippen molar-refractivity contribution >= 4 is 22.7 Å². The minimum absolute atomic E-state index is 0.199. The molecule has 176 valence electrons. The van der Waals surface area contributed by atoms with Crippen LogP contribution < -0.4 is 4.74 Å². The SMILES string of the molecule is COc1ccc2nccc(C(O)CC[C@@H]3CCN(CCSc4ccncc4)C[C@@H]3CO)c2c1. The molecule has 3 aromatic rings. The zero-order valence-electron chi connectivity index (χ0n) is 19.1. The zero-order valence-corrected chi connectivity index (χ0v) is 20.0. The Kier molecular flexibility index (Phi) is 8.56. The van der Waals surface area contributed by atoms with Crippen molar-refractivity contribution in [2.45, 2.75) is 30.3 Å². The number of ether oxygens (including phenoxy) is 1. The van der Waals surface area contributed by atoms with Crippen LogP contribution in [0, 0.1) is 11.8 Å². The van der Waals surface area contributed by atoms with Gasteiger partial charge < -0.3 is 19.8 Å². The molecule has 3 atom stereocenters. The molecule has 7 heteroatoms. The Morgan fingerprint density at radius 1 is 1.15 bits per heavy atom. The first-order valence-electron chi connectivity index (χ1n) is 11.6. The number of aliphatic hydroxyl groups is 2. The van der Waals surface area contributed by atoms with Crippen LogP contribution >= 0.6 is 11.8 Å². The molecular weight excluding hydrogens is 434 g/mol. The van der Waals surface area contributed by atoms with Gasteiger partial charge in [0.05, 0.1) is 18.7 Å². The van der Waals surface area contributed by atoms with Crippen molar-refractivity contribution in [3.05, 3.63) is 60.6 Å². The van der Waals surface area contributed by atoms with Gasteiger partial charge in [0.25, 0.3) is 0 Å². The fourth-order valence-electron chi connectivity index (χ4n) is 4.76. The molecule has 0 aliphatic carbocycles. The predicted octanol–water partition coefficient (Wildman–Crippen LogP) is 4.17. The number of thioether (sulfide) groups is 1. The minimum Gasteiger partial charge on any atom is -0.497 e. The number of benzene rings is 1. The van der Waals surface area contributed by atoms with E-state index in [0.717, 1.165) is 60.4 Å². The average Bonchev–Trinajstić information content (AvgIpc) is 2.87. The maximum Gasteiger partial charge on any atom is 0.119 e. The van der Waals surface area contributed by atoms with Gasteiger partial charge in [-0.05, 0) is 79.6 Å². The second-order valence-electron chi connectivity index (χ2n) is 8.70. The van der Waals surface area contributed by atoms with Crippen molar-refractivity contribution < 1.29 is 14.9 Å². The summed E-state index contributed by atoms with van der Waals surface area (Å²) >= 11 is 1.85. The number of hydrogen-bond acceptors (Lipinski definition) is 7. The van der Waals surface area contributed by atoms with Crippen LogP contribution in [0.3, 0.4) is 0 Å². The molecule has 1 unspecified atom stereocenters. The standard InChI is InChI=1S/C26H33N3O3S/c1-32-21-3-4-25-24(16-21)23(8-12-28-25)26(31)5-2-19-9-13-29(17-20(19)18-30)14-15-33-22-6-10-27-11-7-22/h3-4,6-8,10-12,16,19-20,26,30-31H,2,5,9,13-15,17-18H2,1H3/t19-,20-,26?/m1/s1. The number of fused-ring (bicyclic) bond motifs is 1. The van der Waals surface area contributed by atoms with Gasteiger partial charge in [0.2, 0.25) is 0 Å². The van der Waals surface area contributed by atoms with Crippen molar-refractivity contribution in [2.24, 2.45) is 11.8 Å². The lowest BCUT2D eigenvalue weighted by Crippen LogP contribution is -2.43. The average molecular weight is 468 g/mol. The molecule has 2 N–H and O–H groups in total. The summed E-state index contributed by atoms with van der Waals surface area (Å²) in [6.07, 6.45) is 7.49. The summed E-state index contributed by atoms with van der Waals surface area (Å²) in [5.41, 5.74) is 1.75. The molecule has 6 nitrogen and oxygen atoms in total. The fraction of sp³-hybridized carbons (Fsp3) is 0.462. The van der Waals surface area contributed by atoms with Crippen LogP contribution in [0.4, 0.5) is 0 Å². The van der Waals surface area contributed by atoms with E-state index in [-0.39, 0.29) is 12.5 Å². The molecule has 1 saturated heterocycles. The van der Waals surface area contributed by atoms with E-state index < -0.39 is 6.10 Å². The Morgan fingerprint density at radius 2 is 2.00 bits per heavy atom. The van der Waals surface area contributed by atoms with E-state index in [0.29, 0.717) is 12.3 Å². The largest absolute Gasteiger partial charge is 0.497 e. The van der Waals surface area contributed by atoms with Crippen molar-refractivity contribution in [2.75, 3.05) is 39.1 Å². The number of hydrogen-bond donors (Lipinski definition) is 2. The van der Waals surface area contributed by atoms with Gasteiger partial charge in [-0.1, -0.05) is 0 Å². The summed E-state index contributed by atoms with van der Waals surface area (Å²) in [5, 5.41) is 22.0. The Labute approximate surface area is 200 Å². The number of methoxy groups -OCH3 is 1. The number of likely N-dealkylation sites (tertiary alicyclic amines) is 1. The van der Waals surface area contributed by atoms with E-state index in [4.69, 9.17) is 4.74 Å². The Bertz CT molecular complexity index is 1020. The first-order chi connectivity index (χ1) is 16.2.